The number of para-hydroxylation sites is 3. The number of hydrogen-bond acceptors (Lipinski definition) is 2. The highest BCUT2D eigenvalue weighted by atomic mass is 15.2. The third-order valence-electron chi connectivity index (χ3n) is 9.92. The molecule has 0 radical (unpaired) electrons. The van der Waals surface area contributed by atoms with Crippen molar-refractivity contribution in [3.05, 3.63) is 188 Å². The SMILES string of the molecule is c1ccc(-c2cc(-c3ccccc3)nc(N3c4ccccc4-c4ccccc4-c4cc5c(cc43)c3ccccc3n5-c3ccccc3)c2)cc1. The second-order valence-corrected chi connectivity index (χ2v) is 12.8. The lowest BCUT2D eigenvalue weighted by atomic mass is 9.94. The Morgan fingerprint density at radius 3 is 1.72 bits per heavy atom. The van der Waals surface area contributed by atoms with Crippen molar-refractivity contribution in [3.8, 4) is 50.3 Å². The quantitative estimate of drug-likeness (QED) is 0.191. The average Bonchev–Trinajstić information content (AvgIpc) is 3.46. The first kappa shape index (κ1) is 28.3. The van der Waals surface area contributed by atoms with Crippen molar-refractivity contribution in [3.63, 3.8) is 0 Å². The van der Waals surface area contributed by atoms with Crippen LogP contribution >= 0.6 is 0 Å². The molecule has 0 unspecified atom stereocenters. The molecule has 0 saturated carbocycles. The van der Waals surface area contributed by atoms with Crippen LogP contribution in [0.2, 0.25) is 0 Å². The van der Waals surface area contributed by atoms with E-state index in [4.69, 9.17) is 4.98 Å². The minimum Gasteiger partial charge on any atom is -0.309 e. The van der Waals surface area contributed by atoms with Crippen LogP contribution in [0.3, 0.4) is 0 Å². The first-order chi connectivity index (χ1) is 24.8. The summed E-state index contributed by atoms with van der Waals surface area (Å²) in [6, 6.07) is 67.4. The molecular weight excluding hydrogens is 607 g/mol. The highest BCUT2D eigenvalue weighted by molar-refractivity contribution is 6.14. The molecule has 2 aromatic heterocycles. The van der Waals surface area contributed by atoms with Gasteiger partial charge in [-0.1, -0.05) is 140 Å². The topological polar surface area (TPSA) is 21.1 Å². The molecule has 0 saturated heterocycles. The fourth-order valence-corrected chi connectivity index (χ4v) is 7.67. The van der Waals surface area contributed by atoms with Gasteiger partial charge < -0.3 is 4.57 Å². The Bertz CT molecular complexity index is 2640. The third-order valence-corrected chi connectivity index (χ3v) is 9.92. The summed E-state index contributed by atoms with van der Waals surface area (Å²) in [5.41, 5.74) is 14.7. The van der Waals surface area contributed by atoms with E-state index in [9.17, 15) is 0 Å². The zero-order valence-electron chi connectivity index (χ0n) is 27.2. The fourth-order valence-electron chi connectivity index (χ4n) is 7.67. The van der Waals surface area contributed by atoms with Gasteiger partial charge >= 0.3 is 0 Å². The number of rotatable bonds is 4. The Morgan fingerprint density at radius 1 is 0.360 bits per heavy atom. The van der Waals surface area contributed by atoms with Crippen LogP contribution < -0.4 is 4.90 Å². The van der Waals surface area contributed by atoms with Crippen molar-refractivity contribution < 1.29 is 0 Å². The number of pyridine rings is 1. The number of fused-ring (bicyclic) bond motifs is 8. The first-order valence-electron chi connectivity index (χ1n) is 17.1. The molecular formula is C47H31N3. The van der Waals surface area contributed by atoms with E-state index in [1.54, 1.807) is 0 Å². The minimum absolute atomic E-state index is 0.873. The van der Waals surface area contributed by atoms with Gasteiger partial charge in [-0.05, 0) is 70.8 Å². The number of hydrogen-bond donors (Lipinski definition) is 0. The summed E-state index contributed by atoms with van der Waals surface area (Å²) < 4.78 is 2.40. The van der Waals surface area contributed by atoms with Gasteiger partial charge in [-0.25, -0.2) is 4.98 Å². The molecule has 0 bridgehead atoms. The maximum atomic E-state index is 5.47. The normalized spacial score (nSPS) is 12.0. The molecule has 9 aromatic rings. The zero-order chi connectivity index (χ0) is 33.0. The summed E-state index contributed by atoms with van der Waals surface area (Å²) in [6.07, 6.45) is 0. The highest BCUT2D eigenvalue weighted by Gasteiger charge is 2.29. The summed E-state index contributed by atoms with van der Waals surface area (Å²) in [5, 5.41) is 2.42. The summed E-state index contributed by atoms with van der Waals surface area (Å²) in [6.45, 7) is 0. The molecule has 0 spiro atoms. The first-order valence-corrected chi connectivity index (χ1v) is 17.1. The Balaban J connectivity index is 1.34. The highest BCUT2D eigenvalue weighted by Crippen LogP contribution is 2.52. The van der Waals surface area contributed by atoms with Crippen LogP contribution in [-0.4, -0.2) is 9.55 Å². The van der Waals surface area contributed by atoms with E-state index >= 15 is 0 Å². The predicted octanol–water partition coefficient (Wildman–Crippen LogP) is 12.6. The van der Waals surface area contributed by atoms with Crippen LogP contribution in [0.5, 0.6) is 0 Å². The molecule has 10 rings (SSSR count). The van der Waals surface area contributed by atoms with Crippen LogP contribution in [0, 0.1) is 0 Å². The van der Waals surface area contributed by atoms with E-state index in [-0.39, 0.29) is 0 Å². The van der Waals surface area contributed by atoms with Gasteiger partial charge in [0.2, 0.25) is 0 Å². The van der Waals surface area contributed by atoms with E-state index in [0.717, 1.165) is 50.8 Å². The Hall–Kier alpha value is -6.71. The van der Waals surface area contributed by atoms with Gasteiger partial charge in [0.1, 0.15) is 5.82 Å². The lowest BCUT2D eigenvalue weighted by Gasteiger charge is -2.27. The Labute approximate surface area is 291 Å². The summed E-state index contributed by atoms with van der Waals surface area (Å²) >= 11 is 0. The van der Waals surface area contributed by atoms with Gasteiger partial charge in [-0.2, -0.15) is 0 Å². The standard InChI is InChI=1S/C47H31N3/c1-4-16-32(17-5-1)34-28-42(33-18-6-2-7-19-33)48-47(29-34)50-44-27-15-12-24-38(44)36-22-10-11-23-37(36)40-30-45-41(31-46(40)50)39-25-13-14-26-43(39)49(45)35-20-8-3-9-21-35/h1-31H. The van der Waals surface area contributed by atoms with E-state index < -0.39 is 0 Å². The smallest absolute Gasteiger partial charge is 0.138 e. The average molecular weight is 638 g/mol. The van der Waals surface area contributed by atoms with Gasteiger partial charge in [-0.3, -0.25) is 4.90 Å². The van der Waals surface area contributed by atoms with E-state index in [2.05, 4.69) is 198 Å². The maximum absolute atomic E-state index is 5.47. The number of nitrogens with zero attached hydrogens (tertiary/aromatic N) is 3. The fraction of sp³-hybridized carbons (Fsp3) is 0. The monoisotopic (exact) mass is 637 g/mol. The van der Waals surface area contributed by atoms with Crippen molar-refractivity contribution in [1.29, 1.82) is 0 Å². The van der Waals surface area contributed by atoms with Gasteiger partial charge in [0.25, 0.3) is 0 Å². The van der Waals surface area contributed by atoms with Crippen molar-refractivity contribution in [2.45, 2.75) is 0 Å². The van der Waals surface area contributed by atoms with Crippen LogP contribution in [0.15, 0.2) is 188 Å². The molecule has 0 fully saturated rings. The van der Waals surface area contributed by atoms with Gasteiger partial charge in [0.05, 0.1) is 28.1 Å². The van der Waals surface area contributed by atoms with Crippen LogP contribution in [0.1, 0.15) is 0 Å². The second-order valence-electron chi connectivity index (χ2n) is 12.8. The van der Waals surface area contributed by atoms with Crippen molar-refractivity contribution in [1.82, 2.24) is 9.55 Å². The molecule has 0 atom stereocenters. The number of anilines is 3. The van der Waals surface area contributed by atoms with Crippen LogP contribution in [0.25, 0.3) is 72.1 Å². The number of benzene rings is 7. The lowest BCUT2D eigenvalue weighted by molar-refractivity contribution is 1.17. The van der Waals surface area contributed by atoms with Gasteiger partial charge in [0, 0.05) is 33.2 Å². The van der Waals surface area contributed by atoms with E-state index in [1.807, 2.05) is 0 Å². The predicted molar refractivity (Wildman–Crippen MR) is 209 cm³/mol. The summed E-state index contributed by atoms with van der Waals surface area (Å²) in [7, 11) is 0. The Kier molecular flexibility index (Phi) is 6.49. The number of aromatic nitrogens is 2. The third kappa shape index (κ3) is 4.48. The van der Waals surface area contributed by atoms with Crippen LogP contribution in [-0.2, 0) is 0 Å². The summed E-state index contributed by atoms with van der Waals surface area (Å²) in [4.78, 5) is 7.86. The molecule has 3 nitrogen and oxygen atoms in total. The molecule has 234 valence electrons. The largest absolute Gasteiger partial charge is 0.309 e. The van der Waals surface area contributed by atoms with Crippen LogP contribution in [0.4, 0.5) is 17.2 Å². The molecule has 50 heavy (non-hydrogen) atoms. The zero-order valence-corrected chi connectivity index (χ0v) is 27.2. The molecule has 1 aliphatic rings. The molecule has 3 heteroatoms. The van der Waals surface area contributed by atoms with Crippen molar-refractivity contribution in [2.24, 2.45) is 0 Å². The molecule has 7 aromatic carbocycles. The van der Waals surface area contributed by atoms with E-state index in [1.165, 1.54) is 38.5 Å². The van der Waals surface area contributed by atoms with Crippen molar-refractivity contribution in [2.75, 3.05) is 4.90 Å². The minimum atomic E-state index is 0.873. The molecule has 0 aliphatic carbocycles. The Morgan fingerprint density at radius 2 is 0.960 bits per heavy atom. The second kappa shape index (κ2) is 11.5. The van der Waals surface area contributed by atoms with Gasteiger partial charge in [-0.15, -0.1) is 0 Å². The molecule has 0 N–H and O–H groups in total. The lowest BCUT2D eigenvalue weighted by Crippen LogP contribution is -2.13. The molecule has 1 aliphatic heterocycles. The van der Waals surface area contributed by atoms with Gasteiger partial charge in [0.15, 0.2) is 0 Å². The molecule has 0 amide bonds. The summed E-state index contributed by atoms with van der Waals surface area (Å²) in [5.74, 6) is 0.873. The maximum Gasteiger partial charge on any atom is 0.138 e. The van der Waals surface area contributed by atoms with E-state index in [0.29, 0.717) is 0 Å². The molecule has 3 heterocycles. The van der Waals surface area contributed by atoms with Crippen molar-refractivity contribution >= 4 is 39.0 Å².